The zero-order chi connectivity index (χ0) is 31.9. The van der Waals surface area contributed by atoms with E-state index in [1.807, 2.05) is 48.5 Å². The number of carbonyl (C=O) groups excluding carboxylic acids is 2. The molecule has 2 aromatic carbocycles. The number of hydrogen-bond donors (Lipinski definition) is 0. The predicted molar refractivity (Wildman–Crippen MR) is 176 cm³/mol. The zero-order valence-corrected chi connectivity index (χ0v) is 28.0. The lowest BCUT2D eigenvalue weighted by molar-refractivity contribution is -0.242. The van der Waals surface area contributed by atoms with Crippen LogP contribution in [-0.2, 0) is 18.9 Å². The van der Waals surface area contributed by atoms with E-state index in [-0.39, 0.29) is 28.9 Å². The highest BCUT2D eigenvalue weighted by Crippen LogP contribution is 2.69. The van der Waals surface area contributed by atoms with Crippen LogP contribution in [0.4, 0.5) is 0 Å². The summed E-state index contributed by atoms with van der Waals surface area (Å²) in [7, 11) is 0. The van der Waals surface area contributed by atoms with Gasteiger partial charge in [0.2, 0.25) is 0 Å². The van der Waals surface area contributed by atoms with Gasteiger partial charge < -0.3 is 18.9 Å². The van der Waals surface area contributed by atoms with Crippen molar-refractivity contribution in [1.82, 2.24) is 0 Å². The summed E-state index contributed by atoms with van der Waals surface area (Å²) in [5, 5.41) is 0. The molecular formula is C40H52O6. The molecule has 9 atom stereocenters. The molecule has 1 saturated heterocycles. The molecule has 0 bridgehead atoms. The number of esters is 2. The van der Waals surface area contributed by atoms with Crippen LogP contribution in [0.25, 0.3) is 0 Å². The van der Waals surface area contributed by atoms with Crippen LogP contribution in [0, 0.1) is 46.3 Å². The van der Waals surface area contributed by atoms with Crippen molar-refractivity contribution < 1.29 is 28.5 Å². The molecule has 5 fully saturated rings. The van der Waals surface area contributed by atoms with E-state index in [9.17, 15) is 9.59 Å². The largest absolute Gasteiger partial charge is 0.462 e. The molecule has 46 heavy (non-hydrogen) atoms. The van der Waals surface area contributed by atoms with Crippen molar-refractivity contribution in [3.63, 3.8) is 0 Å². The van der Waals surface area contributed by atoms with Crippen molar-refractivity contribution in [3.05, 3.63) is 71.8 Å². The van der Waals surface area contributed by atoms with Crippen LogP contribution >= 0.6 is 0 Å². The fourth-order valence-corrected chi connectivity index (χ4v) is 11.2. The monoisotopic (exact) mass is 628 g/mol. The van der Waals surface area contributed by atoms with Crippen LogP contribution in [0.1, 0.15) is 106 Å². The van der Waals surface area contributed by atoms with Gasteiger partial charge in [0, 0.05) is 18.8 Å². The molecule has 0 N–H and O–H groups in total. The van der Waals surface area contributed by atoms with Crippen LogP contribution in [0.3, 0.4) is 0 Å². The molecule has 4 saturated carbocycles. The molecule has 248 valence electrons. The molecule has 2 aromatic rings. The topological polar surface area (TPSA) is 71.1 Å². The van der Waals surface area contributed by atoms with Gasteiger partial charge in [0.05, 0.1) is 30.9 Å². The van der Waals surface area contributed by atoms with Gasteiger partial charge in [-0.3, -0.25) is 0 Å². The van der Waals surface area contributed by atoms with Crippen LogP contribution < -0.4 is 0 Å². The van der Waals surface area contributed by atoms with Crippen molar-refractivity contribution in [1.29, 1.82) is 0 Å². The summed E-state index contributed by atoms with van der Waals surface area (Å²) >= 11 is 0. The molecule has 5 aliphatic rings. The first-order chi connectivity index (χ1) is 22.2. The maximum atomic E-state index is 13.6. The summed E-state index contributed by atoms with van der Waals surface area (Å²) in [5.41, 5.74) is 1.67. The highest BCUT2D eigenvalue weighted by Gasteiger charge is 2.65. The summed E-state index contributed by atoms with van der Waals surface area (Å²) < 4.78 is 24.7. The number of ether oxygens (including phenoxy) is 4. The van der Waals surface area contributed by atoms with E-state index in [2.05, 4.69) is 20.8 Å². The second-order valence-corrected chi connectivity index (χ2v) is 15.7. The Morgan fingerprint density at radius 3 is 2.17 bits per heavy atom. The van der Waals surface area contributed by atoms with E-state index >= 15 is 0 Å². The molecule has 1 spiro atoms. The molecule has 6 nitrogen and oxygen atoms in total. The molecule has 1 aliphatic heterocycles. The predicted octanol–water partition coefficient (Wildman–Crippen LogP) is 8.50. The van der Waals surface area contributed by atoms with Gasteiger partial charge in [0.25, 0.3) is 0 Å². The molecule has 0 aromatic heterocycles. The summed E-state index contributed by atoms with van der Waals surface area (Å²) in [6.07, 6.45) is 10.6. The highest BCUT2D eigenvalue weighted by molar-refractivity contribution is 5.89. The van der Waals surface area contributed by atoms with Gasteiger partial charge in [-0.25, -0.2) is 9.59 Å². The van der Waals surface area contributed by atoms with Crippen molar-refractivity contribution in [3.8, 4) is 0 Å². The first-order valence-corrected chi connectivity index (χ1v) is 18.0. The third-order valence-corrected chi connectivity index (χ3v) is 13.5. The molecule has 0 amide bonds. The first-order valence-electron chi connectivity index (χ1n) is 18.0. The van der Waals surface area contributed by atoms with Gasteiger partial charge in [-0.15, -0.1) is 0 Å². The quantitative estimate of drug-likeness (QED) is 0.216. The van der Waals surface area contributed by atoms with Crippen molar-refractivity contribution in [2.75, 3.05) is 19.8 Å². The molecule has 1 heterocycles. The lowest BCUT2D eigenvalue weighted by Crippen LogP contribution is -2.60. The number of rotatable bonds is 8. The second-order valence-electron chi connectivity index (χ2n) is 15.7. The third kappa shape index (κ3) is 5.72. The number of benzene rings is 2. The maximum Gasteiger partial charge on any atom is 0.338 e. The standard InChI is InChI=1S/C40H52O6/c1-27(11-10-22-43-36(41)28-12-6-4-7-13-28)31-16-17-32-35-33(18-19-39(31,32)3)38(2)20-21-40(44-23-24-45-40)26-30(38)25-34(35)46-37(42)29-14-8-5-9-15-29/h4-9,12-15,27,30-35H,10-11,16-26H2,1-3H3/t27-,30+,31-,32?,33?,34?,35?,38+,39-/m1/s1. The van der Waals surface area contributed by atoms with Gasteiger partial charge in [-0.05, 0) is 116 Å². The van der Waals surface area contributed by atoms with Crippen molar-refractivity contribution in [2.45, 2.75) is 96.9 Å². The minimum absolute atomic E-state index is 0.0941. The van der Waals surface area contributed by atoms with E-state index in [1.165, 1.54) is 25.7 Å². The Labute approximate surface area is 274 Å². The van der Waals surface area contributed by atoms with Gasteiger partial charge in [-0.1, -0.05) is 57.2 Å². The summed E-state index contributed by atoms with van der Waals surface area (Å²) in [6, 6.07) is 18.8. The second kappa shape index (κ2) is 12.7. The van der Waals surface area contributed by atoms with E-state index in [0.29, 0.717) is 66.5 Å². The zero-order valence-electron chi connectivity index (χ0n) is 28.0. The summed E-state index contributed by atoms with van der Waals surface area (Å²) in [6.45, 7) is 9.33. The van der Waals surface area contributed by atoms with E-state index in [0.717, 1.165) is 38.5 Å². The van der Waals surface area contributed by atoms with Crippen LogP contribution in [0.15, 0.2) is 60.7 Å². The van der Waals surface area contributed by atoms with Crippen LogP contribution in [-0.4, -0.2) is 43.7 Å². The minimum atomic E-state index is -0.447. The van der Waals surface area contributed by atoms with E-state index in [4.69, 9.17) is 18.9 Å². The Kier molecular flexibility index (Phi) is 8.82. The van der Waals surface area contributed by atoms with Crippen molar-refractivity contribution >= 4 is 11.9 Å². The lowest BCUT2D eigenvalue weighted by atomic mass is 9.43. The van der Waals surface area contributed by atoms with Gasteiger partial charge in [0.15, 0.2) is 5.79 Å². The Morgan fingerprint density at radius 2 is 1.48 bits per heavy atom. The Hall–Kier alpha value is -2.70. The third-order valence-electron chi connectivity index (χ3n) is 13.5. The molecule has 0 radical (unpaired) electrons. The molecule has 6 heteroatoms. The van der Waals surface area contributed by atoms with Crippen molar-refractivity contribution in [2.24, 2.45) is 46.3 Å². The van der Waals surface area contributed by atoms with E-state index < -0.39 is 5.79 Å². The lowest BCUT2D eigenvalue weighted by Gasteiger charge is -2.63. The van der Waals surface area contributed by atoms with Gasteiger partial charge in [0.1, 0.15) is 6.10 Å². The fourth-order valence-electron chi connectivity index (χ4n) is 11.2. The average Bonchev–Trinajstić information content (AvgIpc) is 3.68. The summed E-state index contributed by atoms with van der Waals surface area (Å²) in [4.78, 5) is 26.0. The highest BCUT2D eigenvalue weighted by atomic mass is 16.7. The smallest absolute Gasteiger partial charge is 0.338 e. The molecule has 7 rings (SSSR count). The molecular weight excluding hydrogens is 576 g/mol. The Bertz CT molecular complexity index is 1370. The van der Waals surface area contributed by atoms with E-state index in [1.54, 1.807) is 12.1 Å². The number of fused-ring (bicyclic) bond motifs is 5. The first kappa shape index (κ1) is 31.9. The average molecular weight is 629 g/mol. The fraction of sp³-hybridized carbons (Fsp3) is 0.650. The minimum Gasteiger partial charge on any atom is -0.462 e. The summed E-state index contributed by atoms with van der Waals surface area (Å²) in [5.74, 6) is 2.15. The maximum absolute atomic E-state index is 13.6. The van der Waals surface area contributed by atoms with Gasteiger partial charge in [-0.2, -0.15) is 0 Å². The number of hydrogen-bond acceptors (Lipinski definition) is 6. The van der Waals surface area contributed by atoms with Crippen LogP contribution in [0.5, 0.6) is 0 Å². The van der Waals surface area contributed by atoms with Gasteiger partial charge >= 0.3 is 11.9 Å². The number of carbonyl (C=O) groups is 2. The Morgan fingerprint density at radius 1 is 0.826 bits per heavy atom. The molecule has 4 aliphatic carbocycles. The normalized spacial score (nSPS) is 36.7. The Balaban J connectivity index is 1.07. The SMILES string of the molecule is C[C@H](CCCOC(=O)c1ccccc1)[C@H]1CCC2C3C(OC(=O)c4ccccc4)C[C@H]4CC5(CC[C@]4(C)C3CC[C@@]21C)OCCO5. The van der Waals surface area contributed by atoms with Crippen LogP contribution in [0.2, 0.25) is 0 Å². The molecule has 4 unspecified atom stereocenters.